The third kappa shape index (κ3) is 6.94. The number of alkyl halides is 3. The Morgan fingerprint density at radius 3 is 2.30 bits per heavy atom. The largest absolute Gasteiger partial charge is 0.439 e. The van der Waals surface area contributed by atoms with Crippen LogP contribution in [0, 0.1) is 11.6 Å². The summed E-state index contributed by atoms with van der Waals surface area (Å²) < 4.78 is 76.9. The number of benzene rings is 2. The molecule has 0 bridgehead atoms. The summed E-state index contributed by atoms with van der Waals surface area (Å²) in [5, 5.41) is 2.91. The van der Waals surface area contributed by atoms with Gasteiger partial charge < -0.3 is 14.8 Å². The highest BCUT2D eigenvalue weighted by Gasteiger charge is 2.34. The van der Waals surface area contributed by atoms with Gasteiger partial charge in [-0.1, -0.05) is 12.1 Å². The maximum atomic E-state index is 14.1. The first-order chi connectivity index (χ1) is 17.7. The number of fused-ring (bicyclic) bond motifs is 1. The molecule has 4 rings (SSSR count). The number of anilines is 1. The van der Waals surface area contributed by atoms with E-state index in [1.165, 1.54) is 0 Å². The minimum atomic E-state index is -4.72. The number of rotatable bonds is 7. The first-order valence-electron chi connectivity index (χ1n) is 10.7. The zero-order chi connectivity index (χ0) is 27.0. The molecule has 0 atom stereocenters. The third-order valence-electron chi connectivity index (χ3n) is 4.88. The van der Waals surface area contributed by atoms with Crippen molar-refractivity contribution in [2.45, 2.75) is 12.6 Å². The molecular formula is C25H21F5N4O3. The Hall–Kier alpha value is -4.19. The molecular weight excluding hydrogens is 499 g/mol. The van der Waals surface area contributed by atoms with E-state index in [0.717, 1.165) is 30.2 Å². The van der Waals surface area contributed by atoms with Gasteiger partial charge in [0.1, 0.15) is 35.0 Å². The molecule has 0 radical (unpaired) electrons. The normalized spacial score (nSPS) is 11.0. The van der Waals surface area contributed by atoms with Crippen LogP contribution in [0.3, 0.4) is 0 Å². The lowest BCUT2D eigenvalue weighted by Crippen LogP contribution is -2.10. The van der Waals surface area contributed by atoms with Crippen LogP contribution in [0.5, 0.6) is 11.6 Å². The van der Waals surface area contributed by atoms with Crippen molar-refractivity contribution in [3.05, 3.63) is 83.3 Å². The smallest absolute Gasteiger partial charge is 0.417 e. The van der Waals surface area contributed by atoms with Crippen LogP contribution < -0.4 is 10.1 Å². The molecule has 0 aliphatic carbocycles. The molecule has 2 aromatic heterocycles. The molecule has 0 saturated heterocycles. The van der Waals surface area contributed by atoms with Crippen LogP contribution >= 0.6 is 0 Å². The van der Waals surface area contributed by atoms with Crippen LogP contribution in [0.4, 0.5) is 27.8 Å². The Labute approximate surface area is 208 Å². The third-order valence-corrected chi connectivity index (χ3v) is 4.88. The van der Waals surface area contributed by atoms with Crippen molar-refractivity contribution in [2.24, 2.45) is 0 Å². The molecule has 0 fully saturated rings. The maximum Gasteiger partial charge on any atom is 0.417 e. The number of nitrogens with zero attached hydrogens (tertiary/aromatic N) is 3. The highest BCUT2D eigenvalue weighted by atomic mass is 19.4. The molecule has 2 heterocycles. The minimum Gasteiger partial charge on any atom is -0.439 e. The fraction of sp³-hybridized carbons (Fsp3) is 0.200. The fourth-order valence-corrected chi connectivity index (χ4v) is 3.25. The molecule has 4 aromatic rings. The number of halogens is 5. The van der Waals surface area contributed by atoms with Gasteiger partial charge >= 0.3 is 6.18 Å². The van der Waals surface area contributed by atoms with Crippen LogP contribution in [0.15, 0.2) is 55.0 Å². The Balaban J connectivity index is 0.00000121. The van der Waals surface area contributed by atoms with Gasteiger partial charge in [0.05, 0.1) is 10.9 Å². The number of carbonyl (C=O) groups is 1. The second-order valence-electron chi connectivity index (χ2n) is 7.53. The molecule has 0 amide bonds. The number of nitrogens with one attached hydrogen (secondary N) is 1. The van der Waals surface area contributed by atoms with Crippen molar-refractivity contribution in [2.75, 3.05) is 26.1 Å². The van der Waals surface area contributed by atoms with Gasteiger partial charge in [-0.25, -0.2) is 23.7 Å². The zero-order valence-corrected chi connectivity index (χ0v) is 19.6. The van der Waals surface area contributed by atoms with E-state index < -0.39 is 28.9 Å². The highest BCUT2D eigenvalue weighted by molar-refractivity contribution is 5.89. The van der Waals surface area contributed by atoms with Crippen LogP contribution in [0.1, 0.15) is 21.5 Å². The Morgan fingerprint density at radius 1 is 0.973 bits per heavy atom. The van der Waals surface area contributed by atoms with E-state index in [4.69, 9.17) is 4.74 Å². The molecule has 194 valence electrons. The predicted molar refractivity (Wildman–Crippen MR) is 126 cm³/mol. The number of methoxy groups -OCH3 is 1. The van der Waals surface area contributed by atoms with Crippen molar-refractivity contribution >= 4 is 23.0 Å². The van der Waals surface area contributed by atoms with E-state index in [9.17, 15) is 26.7 Å². The lowest BCUT2D eigenvalue weighted by Gasteiger charge is -2.12. The Morgan fingerprint density at radius 2 is 1.65 bits per heavy atom. The Bertz CT molecular complexity index is 1370. The first-order valence-corrected chi connectivity index (χ1v) is 10.7. The summed E-state index contributed by atoms with van der Waals surface area (Å²) in [5.74, 6) is -1.21. The van der Waals surface area contributed by atoms with E-state index >= 15 is 0 Å². The lowest BCUT2D eigenvalue weighted by molar-refractivity contribution is -0.138. The molecule has 2 aromatic carbocycles. The van der Waals surface area contributed by atoms with Crippen molar-refractivity contribution in [1.29, 1.82) is 0 Å². The molecule has 0 aliphatic heterocycles. The number of hydrogen-bond donors (Lipinski definition) is 1. The second-order valence-corrected chi connectivity index (χ2v) is 7.53. The molecule has 0 unspecified atom stereocenters. The van der Waals surface area contributed by atoms with Gasteiger partial charge in [0.15, 0.2) is 6.29 Å². The standard InChI is InChI=1S/C23H15F5N4O2.C2H6O/c24-17-5-6-18(25)21-20(17)22(32-12-31-21)29-8-7-13-1-3-15(4-2-13)34-19-9-16(23(26,27)28)14(11-33)10-30-19;1-3-2/h1-6,9-12H,7-8H2,(H,29,31,32);1-2H3. The molecule has 12 heteroatoms. The van der Waals surface area contributed by atoms with Gasteiger partial charge in [-0.2, -0.15) is 13.2 Å². The Kier molecular flexibility index (Phi) is 9.01. The first kappa shape index (κ1) is 27.4. The van der Waals surface area contributed by atoms with Crippen LogP contribution in [-0.4, -0.2) is 42.0 Å². The SMILES string of the molecule is COC.O=Cc1cnc(Oc2ccc(CCNc3ncnc4c(F)ccc(F)c34)cc2)cc1C(F)(F)F. The molecule has 0 aliphatic rings. The van der Waals surface area contributed by atoms with Gasteiger partial charge in [-0.3, -0.25) is 4.79 Å². The zero-order valence-electron chi connectivity index (χ0n) is 19.6. The average Bonchev–Trinajstić information content (AvgIpc) is 2.87. The van der Waals surface area contributed by atoms with Crippen molar-refractivity contribution in [3.8, 4) is 11.6 Å². The summed E-state index contributed by atoms with van der Waals surface area (Å²) in [6.07, 6.45) is -2.22. The van der Waals surface area contributed by atoms with Crippen molar-refractivity contribution in [1.82, 2.24) is 15.0 Å². The van der Waals surface area contributed by atoms with Crippen LogP contribution in [-0.2, 0) is 17.3 Å². The molecule has 37 heavy (non-hydrogen) atoms. The quantitative estimate of drug-likeness (QED) is 0.242. The van der Waals surface area contributed by atoms with E-state index in [-0.39, 0.29) is 34.6 Å². The average molecular weight is 520 g/mol. The minimum absolute atomic E-state index is 0.0439. The monoisotopic (exact) mass is 520 g/mol. The summed E-state index contributed by atoms with van der Waals surface area (Å²) >= 11 is 0. The molecule has 0 spiro atoms. The maximum absolute atomic E-state index is 14.1. The second kappa shape index (κ2) is 12.2. The number of ether oxygens (including phenoxy) is 2. The molecule has 0 saturated carbocycles. The summed E-state index contributed by atoms with van der Waals surface area (Å²) in [7, 11) is 3.25. The number of aromatic nitrogens is 3. The highest BCUT2D eigenvalue weighted by Crippen LogP contribution is 2.34. The van der Waals surface area contributed by atoms with Gasteiger partial charge in [0, 0.05) is 38.6 Å². The van der Waals surface area contributed by atoms with Crippen LogP contribution in [0.25, 0.3) is 10.9 Å². The van der Waals surface area contributed by atoms with Crippen LogP contribution in [0.2, 0.25) is 0 Å². The van der Waals surface area contributed by atoms with E-state index in [0.29, 0.717) is 19.0 Å². The van der Waals surface area contributed by atoms with Crippen molar-refractivity contribution < 1.29 is 36.2 Å². The van der Waals surface area contributed by atoms with Gasteiger partial charge in [-0.05, 0) is 36.2 Å². The summed E-state index contributed by atoms with van der Waals surface area (Å²) in [6, 6.07) is 9.15. The summed E-state index contributed by atoms with van der Waals surface area (Å²) in [5.41, 5.74) is -1.00. The van der Waals surface area contributed by atoms with Crippen molar-refractivity contribution in [3.63, 3.8) is 0 Å². The molecule has 7 nitrogen and oxygen atoms in total. The van der Waals surface area contributed by atoms with E-state index in [2.05, 4.69) is 25.0 Å². The summed E-state index contributed by atoms with van der Waals surface area (Å²) in [4.78, 5) is 22.3. The predicted octanol–water partition coefficient (Wildman–Crippen LogP) is 5.84. The lowest BCUT2D eigenvalue weighted by atomic mass is 10.1. The summed E-state index contributed by atoms with van der Waals surface area (Å²) in [6.45, 7) is 0.339. The number of aldehydes is 1. The topological polar surface area (TPSA) is 86.2 Å². The van der Waals surface area contributed by atoms with E-state index in [1.54, 1.807) is 38.5 Å². The van der Waals surface area contributed by atoms with E-state index in [1.807, 2.05) is 0 Å². The van der Waals surface area contributed by atoms with Gasteiger partial charge in [0.2, 0.25) is 5.88 Å². The number of hydrogen-bond acceptors (Lipinski definition) is 7. The van der Waals surface area contributed by atoms with Gasteiger partial charge in [0.25, 0.3) is 0 Å². The number of pyridine rings is 1. The van der Waals surface area contributed by atoms with Gasteiger partial charge in [-0.15, -0.1) is 0 Å². The fourth-order valence-electron chi connectivity index (χ4n) is 3.25. The number of carbonyl (C=O) groups excluding carboxylic acids is 1. The molecule has 1 N–H and O–H groups in total.